The monoisotopic (exact) mass is 393 g/mol. The summed E-state index contributed by atoms with van der Waals surface area (Å²) in [4.78, 5) is 12.4. The van der Waals surface area contributed by atoms with Crippen molar-refractivity contribution >= 4 is 28.9 Å². The Balaban J connectivity index is 1.83. The van der Waals surface area contributed by atoms with Gasteiger partial charge >= 0.3 is 6.18 Å². The maximum atomic E-state index is 13.2. The van der Waals surface area contributed by atoms with Crippen molar-refractivity contribution in [2.45, 2.75) is 19.6 Å². The van der Waals surface area contributed by atoms with E-state index in [2.05, 4.69) is 25.6 Å². The topological polar surface area (TPSA) is 62.7 Å². The first-order chi connectivity index (χ1) is 12.8. The van der Waals surface area contributed by atoms with Gasteiger partial charge in [-0.25, -0.2) is 9.97 Å². The van der Waals surface area contributed by atoms with E-state index in [-0.39, 0.29) is 16.5 Å². The zero-order valence-corrected chi connectivity index (χ0v) is 14.9. The highest BCUT2D eigenvalue weighted by atomic mass is 35.5. The van der Waals surface area contributed by atoms with E-state index in [1.807, 2.05) is 12.1 Å². The van der Waals surface area contributed by atoms with Crippen LogP contribution in [0, 0.1) is 6.92 Å². The first kappa shape index (κ1) is 18.9. The molecule has 2 aromatic heterocycles. The summed E-state index contributed by atoms with van der Waals surface area (Å²) < 4.78 is 39.7. The molecule has 2 N–H and O–H groups in total. The van der Waals surface area contributed by atoms with Crippen LogP contribution in [0.1, 0.15) is 17.0 Å². The zero-order valence-electron chi connectivity index (χ0n) is 14.2. The van der Waals surface area contributed by atoms with Gasteiger partial charge in [-0.3, -0.25) is 4.98 Å². The van der Waals surface area contributed by atoms with Crippen molar-refractivity contribution < 1.29 is 13.2 Å². The normalized spacial score (nSPS) is 11.3. The molecule has 3 rings (SSSR count). The maximum absolute atomic E-state index is 13.2. The summed E-state index contributed by atoms with van der Waals surface area (Å²) in [6, 6.07) is 8.78. The molecule has 0 amide bonds. The minimum Gasteiger partial charge on any atom is -0.366 e. The van der Waals surface area contributed by atoms with Crippen molar-refractivity contribution in [3.63, 3.8) is 0 Å². The van der Waals surface area contributed by atoms with Crippen LogP contribution in [0.5, 0.6) is 0 Å². The van der Waals surface area contributed by atoms with E-state index in [1.54, 1.807) is 25.4 Å². The van der Waals surface area contributed by atoms with Crippen LogP contribution in [0.15, 0.2) is 48.8 Å². The highest BCUT2D eigenvalue weighted by molar-refractivity contribution is 6.30. The average molecular weight is 394 g/mol. The number of pyridine rings is 1. The van der Waals surface area contributed by atoms with Crippen LogP contribution in [0.4, 0.5) is 30.5 Å². The van der Waals surface area contributed by atoms with E-state index in [1.165, 1.54) is 12.1 Å². The van der Waals surface area contributed by atoms with E-state index in [0.717, 1.165) is 11.6 Å². The smallest absolute Gasteiger partial charge is 0.366 e. The van der Waals surface area contributed by atoms with E-state index < -0.39 is 11.7 Å². The van der Waals surface area contributed by atoms with Crippen LogP contribution in [0.3, 0.4) is 0 Å². The fraction of sp³-hybridized carbons (Fsp3) is 0.167. The molecule has 0 unspecified atom stereocenters. The number of anilines is 3. The summed E-state index contributed by atoms with van der Waals surface area (Å²) in [5, 5.41) is 5.83. The molecule has 0 saturated carbocycles. The molecule has 5 nitrogen and oxygen atoms in total. The molecule has 0 aliphatic heterocycles. The predicted octanol–water partition coefficient (Wildman–Crippen LogP) is 5.21. The van der Waals surface area contributed by atoms with E-state index in [4.69, 9.17) is 11.6 Å². The van der Waals surface area contributed by atoms with Gasteiger partial charge in [-0.05, 0) is 42.8 Å². The number of rotatable bonds is 5. The molecule has 0 spiro atoms. The lowest BCUT2D eigenvalue weighted by molar-refractivity contribution is -0.136. The van der Waals surface area contributed by atoms with Gasteiger partial charge in [0.05, 0.1) is 11.3 Å². The summed E-state index contributed by atoms with van der Waals surface area (Å²) in [5.74, 6) is 1.15. The van der Waals surface area contributed by atoms with Gasteiger partial charge in [0.1, 0.15) is 17.5 Å². The van der Waals surface area contributed by atoms with Crippen molar-refractivity contribution in [1.29, 1.82) is 0 Å². The third-order valence-electron chi connectivity index (χ3n) is 3.61. The van der Waals surface area contributed by atoms with Gasteiger partial charge in [0.25, 0.3) is 0 Å². The van der Waals surface area contributed by atoms with Gasteiger partial charge in [-0.15, -0.1) is 0 Å². The largest absolute Gasteiger partial charge is 0.418 e. The number of benzene rings is 1. The van der Waals surface area contributed by atoms with E-state index >= 15 is 0 Å². The quantitative estimate of drug-likeness (QED) is 0.623. The van der Waals surface area contributed by atoms with Crippen LogP contribution < -0.4 is 10.6 Å². The van der Waals surface area contributed by atoms with Crippen molar-refractivity contribution in [3.8, 4) is 0 Å². The number of hydrogen-bond donors (Lipinski definition) is 2. The predicted molar refractivity (Wildman–Crippen MR) is 98.1 cm³/mol. The first-order valence-corrected chi connectivity index (χ1v) is 8.31. The molecule has 27 heavy (non-hydrogen) atoms. The zero-order chi connectivity index (χ0) is 19.4. The summed E-state index contributed by atoms with van der Waals surface area (Å²) in [6.45, 7) is 2.16. The Morgan fingerprint density at radius 2 is 1.70 bits per heavy atom. The maximum Gasteiger partial charge on any atom is 0.418 e. The van der Waals surface area contributed by atoms with Gasteiger partial charge in [-0.2, -0.15) is 13.2 Å². The summed E-state index contributed by atoms with van der Waals surface area (Å²) in [7, 11) is 0. The Morgan fingerprint density at radius 3 is 2.41 bits per heavy atom. The second-order valence-electron chi connectivity index (χ2n) is 5.71. The van der Waals surface area contributed by atoms with Crippen LogP contribution in [-0.4, -0.2) is 15.0 Å². The SMILES string of the molecule is Cc1nc(NCc2ccncc2)cc(Nc2ccc(Cl)cc2C(F)(F)F)n1. The number of aromatic nitrogens is 3. The molecular formula is C18H15ClF3N5. The van der Waals surface area contributed by atoms with Crippen molar-refractivity contribution in [2.75, 3.05) is 10.6 Å². The van der Waals surface area contributed by atoms with Crippen molar-refractivity contribution in [2.24, 2.45) is 0 Å². The first-order valence-electron chi connectivity index (χ1n) is 7.93. The third-order valence-corrected chi connectivity index (χ3v) is 3.85. The Labute approximate surface area is 158 Å². The van der Waals surface area contributed by atoms with Gasteiger partial charge in [0.2, 0.25) is 0 Å². The molecule has 2 heterocycles. The average Bonchev–Trinajstić information content (AvgIpc) is 2.61. The van der Waals surface area contributed by atoms with Gasteiger partial charge in [0.15, 0.2) is 0 Å². The number of nitrogens with one attached hydrogen (secondary N) is 2. The van der Waals surface area contributed by atoms with Crippen LogP contribution in [0.2, 0.25) is 5.02 Å². The molecule has 9 heteroatoms. The second kappa shape index (κ2) is 7.79. The third kappa shape index (κ3) is 5.07. The minimum atomic E-state index is -4.54. The highest BCUT2D eigenvalue weighted by Gasteiger charge is 2.34. The highest BCUT2D eigenvalue weighted by Crippen LogP contribution is 2.37. The van der Waals surface area contributed by atoms with Crippen LogP contribution in [-0.2, 0) is 12.7 Å². The van der Waals surface area contributed by atoms with Gasteiger partial charge < -0.3 is 10.6 Å². The molecule has 0 atom stereocenters. The number of hydrogen-bond acceptors (Lipinski definition) is 5. The molecule has 0 aliphatic carbocycles. The van der Waals surface area contributed by atoms with Crippen molar-refractivity contribution in [1.82, 2.24) is 15.0 Å². The Bertz CT molecular complexity index is 932. The summed E-state index contributed by atoms with van der Waals surface area (Å²) in [5.41, 5.74) is -0.00419. The molecule has 0 fully saturated rings. The number of aryl methyl sites for hydroxylation is 1. The van der Waals surface area contributed by atoms with E-state index in [0.29, 0.717) is 18.2 Å². The Morgan fingerprint density at radius 1 is 1.00 bits per heavy atom. The minimum absolute atomic E-state index is 0.00597. The second-order valence-corrected chi connectivity index (χ2v) is 6.14. The molecule has 0 bridgehead atoms. The van der Waals surface area contributed by atoms with Crippen LogP contribution >= 0.6 is 11.6 Å². The summed E-state index contributed by atoms with van der Waals surface area (Å²) in [6.07, 6.45) is -1.19. The summed E-state index contributed by atoms with van der Waals surface area (Å²) >= 11 is 5.71. The molecule has 1 aromatic carbocycles. The van der Waals surface area contributed by atoms with Crippen molar-refractivity contribution in [3.05, 3.63) is 70.8 Å². The Hall–Kier alpha value is -2.87. The molecule has 0 radical (unpaired) electrons. The van der Waals surface area contributed by atoms with E-state index in [9.17, 15) is 13.2 Å². The molecule has 3 aromatic rings. The number of alkyl halides is 3. The number of halogens is 4. The molecule has 0 saturated heterocycles. The molecule has 0 aliphatic rings. The lowest BCUT2D eigenvalue weighted by atomic mass is 10.1. The van der Waals surface area contributed by atoms with Gasteiger partial charge in [0, 0.05) is 30.0 Å². The lowest BCUT2D eigenvalue weighted by Gasteiger charge is -2.15. The fourth-order valence-corrected chi connectivity index (χ4v) is 2.59. The van der Waals surface area contributed by atoms with Gasteiger partial charge in [-0.1, -0.05) is 11.6 Å². The number of nitrogens with zero attached hydrogens (tertiary/aromatic N) is 3. The van der Waals surface area contributed by atoms with Crippen LogP contribution in [0.25, 0.3) is 0 Å². The molecule has 140 valence electrons. The molecular weight excluding hydrogens is 379 g/mol. The standard InChI is InChI=1S/C18H15ClF3N5/c1-11-25-16(24-10-12-4-6-23-7-5-12)9-17(26-11)27-15-3-2-13(19)8-14(15)18(20,21)22/h2-9H,10H2,1H3,(H2,24,25,26,27). The lowest BCUT2D eigenvalue weighted by Crippen LogP contribution is -2.10. The fourth-order valence-electron chi connectivity index (χ4n) is 2.41. The Kier molecular flexibility index (Phi) is 5.46.